The highest BCUT2D eigenvalue weighted by molar-refractivity contribution is 5.22. The number of hydrogen-bond donors (Lipinski definition) is 1. The summed E-state index contributed by atoms with van der Waals surface area (Å²) in [6.45, 7) is 3.86. The molecule has 0 amide bonds. The Balaban J connectivity index is 1.90. The van der Waals surface area contributed by atoms with Crippen LogP contribution in [0.25, 0.3) is 0 Å². The molecule has 0 aromatic heterocycles. The van der Waals surface area contributed by atoms with Crippen LogP contribution < -0.4 is 5.73 Å². The average molecular weight is 219 g/mol. The van der Waals surface area contributed by atoms with Crippen LogP contribution in [-0.4, -0.2) is 19.3 Å². The van der Waals surface area contributed by atoms with Gasteiger partial charge in [0, 0.05) is 12.6 Å². The number of hydrogen-bond acceptors (Lipinski definition) is 2. The summed E-state index contributed by atoms with van der Waals surface area (Å²) in [4.78, 5) is 0. The molecule has 1 aliphatic rings. The first kappa shape index (κ1) is 11.6. The highest BCUT2D eigenvalue weighted by Crippen LogP contribution is 2.19. The molecule has 2 unspecified atom stereocenters. The Morgan fingerprint density at radius 2 is 2.12 bits per heavy atom. The zero-order valence-corrected chi connectivity index (χ0v) is 9.99. The summed E-state index contributed by atoms with van der Waals surface area (Å²) in [5, 5.41) is 0. The van der Waals surface area contributed by atoms with Crippen molar-refractivity contribution >= 4 is 0 Å². The molecule has 2 nitrogen and oxygen atoms in total. The SMILES string of the molecule is Cc1ccc(CC(N)C2CCCOC2)cc1. The van der Waals surface area contributed by atoms with Gasteiger partial charge in [-0.25, -0.2) is 0 Å². The normalized spacial score (nSPS) is 23.0. The van der Waals surface area contributed by atoms with E-state index in [4.69, 9.17) is 10.5 Å². The van der Waals surface area contributed by atoms with Gasteiger partial charge in [0.2, 0.25) is 0 Å². The second-order valence-electron chi connectivity index (χ2n) is 4.83. The summed E-state index contributed by atoms with van der Waals surface area (Å²) in [7, 11) is 0. The Morgan fingerprint density at radius 3 is 2.75 bits per heavy atom. The maximum atomic E-state index is 6.24. The van der Waals surface area contributed by atoms with Crippen LogP contribution in [0.4, 0.5) is 0 Å². The molecule has 2 heteroatoms. The molecule has 1 fully saturated rings. The van der Waals surface area contributed by atoms with Crippen LogP contribution in [0.5, 0.6) is 0 Å². The van der Waals surface area contributed by atoms with Gasteiger partial charge in [0.05, 0.1) is 6.61 Å². The third kappa shape index (κ3) is 3.06. The van der Waals surface area contributed by atoms with Crippen molar-refractivity contribution in [2.75, 3.05) is 13.2 Å². The third-order valence-corrected chi connectivity index (χ3v) is 3.39. The molecule has 1 aliphatic heterocycles. The Labute approximate surface area is 97.8 Å². The fourth-order valence-electron chi connectivity index (χ4n) is 2.27. The Kier molecular flexibility index (Phi) is 3.97. The molecule has 2 N–H and O–H groups in total. The molecular formula is C14H21NO. The van der Waals surface area contributed by atoms with Crippen LogP contribution in [0.3, 0.4) is 0 Å². The molecule has 0 spiro atoms. The smallest absolute Gasteiger partial charge is 0.0509 e. The molecule has 0 radical (unpaired) electrons. The van der Waals surface area contributed by atoms with Crippen molar-refractivity contribution in [1.29, 1.82) is 0 Å². The van der Waals surface area contributed by atoms with Crippen LogP contribution in [0.2, 0.25) is 0 Å². The van der Waals surface area contributed by atoms with Gasteiger partial charge >= 0.3 is 0 Å². The van der Waals surface area contributed by atoms with Crippen LogP contribution in [-0.2, 0) is 11.2 Å². The number of aryl methyl sites for hydroxylation is 1. The fraction of sp³-hybridized carbons (Fsp3) is 0.571. The van der Waals surface area contributed by atoms with Crippen LogP contribution in [0.1, 0.15) is 24.0 Å². The van der Waals surface area contributed by atoms with E-state index in [1.54, 1.807) is 0 Å². The first-order chi connectivity index (χ1) is 7.75. The molecule has 16 heavy (non-hydrogen) atoms. The van der Waals surface area contributed by atoms with Gasteiger partial charge in [0.15, 0.2) is 0 Å². The quantitative estimate of drug-likeness (QED) is 0.846. The van der Waals surface area contributed by atoms with Crippen molar-refractivity contribution in [3.63, 3.8) is 0 Å². The Bertz CT molecular complexity index is 314. The minimum absolute atomic E-state index is 0.239. The van der Waals surface area contributed by atoms with Gasteiger partial charge in [-0.3, -0.25) is 0 Å². The number of benzene rings is 1. The maximum Gasteiger partial charge on any atom is 0.0509 e. The van der Waals surface area contributed by atoms with E-state index in [9.17, 15) is 0 Å². The second kappa shape index (κ2) is 5.46. The van der Waals surface area contributed by atoms with E-state index < -0.39 is 0 Å². The lowest BCUT2D eigenvalue weighted by atomic mass is 9.90. The lowest BCUT2D eigenvalue weighted by Crippen LogP contribution is -2.37. The number of ether oxygens (including phenoxy) is 1. The average Bonchev–Trinajstić information content (AvgIpc) is 2.33. The molecule has 88 valence electrons. The summed E-state index contributed by atoms with van der Waals surface area (Å²) in [6, 6.07) is 8.90. The van der Waals surface area contributed by atoms with Gasteiger partial charge in [-0.05, 0) is 37.7 Å². The minimum Gasteiger partial charge on any atom is -0.381 e. The van der Waals surface area contributed by atoms with E-state index in [0.717, 1.165) is 26.1 Å². The van der Waals surface area contributed by atoms with Crippen molar-refractivity contribution in [2.24, 2.45) is 11.7 Å². The van der Waals surface area contributed by atoms with Crippen molar-refractivity contribution in [1.82, 2.24) is 0 Å². The van der Waals surface area contributed by atoms with Gasteiger partial charge in [-0.2, -0.15) is 0 Å². The topological polar surface area (TPSA) is 35.2 Å². The van der Waals surface area contributed by atoms with Crippen LogP contribution in [0.15, 0.2) is 24.3 Å². The van der Waals surface area contributed by atoms with Crippen LogP contribution in [0, 0.1) is 12.8 Å². The summed E-state index contributed by atoms with van der Waals surface area (Å²) < 4.78 is 5.48. The predicted molar refractivity (Wildman–Crippen MR) is 66.4 cm³/mol. The van der Waals surface area contributed by atoms with E-state index in [0.29, 0.717) is 5.92 Å². The van der Waals surface area contributed by atoms with Gasteiger partial charge in [-0.1, -0.05) is 29.8 Å². The highest BCUT2D eigenvalue weighted by atomic mass is 16.5. The standard InChI is InChI=1S/C14H21NO/c1-11-4-6-12(7-5-11)9-14(15)13-3-2-8-16-10-13/h4-7,13-14H,2-3,8-10,15H2,1H3. The number of nitrogens with two attached hydrogens (primary N) is 1. The molecule has 0 aliphatic carbocycles. The van der Waals surface area contributed by atoms with Crippen molar-refractivity contribution < 1.29 is 4.74 Å². The lowest BCUT2D eigenvalue weighted by Gasteiger charge is -2.27. The van der Waals surface area contributed by atoms with Gasteiger partial charge in [0.25, 0.3) is 0 Å². The molecule has 1 aromatic rings. The maximum absolute atomic E-state index is 6.24. The lowest BCUT2D eigenvalue weighted by molar-refractivity contribution is 0.0450. The highest BCUT2D eigenvalue weighted by Gasteiger charge is 2.21. The molecule has 1 aromatic carbocycles. The van der Waals surface area contributed by atoms with E-state index in [2.05, 4.69) is 31.2 Å². The zero-order valence-electron chi connectivity index (χ0n) is 9.99. The van der Waals surface area contributed by atoms with E-state index in [1.807, 2.05) is 0 Å². The molecule has 0 saturated carbocycles. The van der Waals surface area contributed by atoms with E-state index >= 15 is 0 Å². The molecule has 2 rings (SSSR count). The largest absolute Gasteiger partial charge is 0.381 e. The van der Waals surface area contributed by atoms with E-state index in [-0.39, 0.29) is 6.04 Å². The monoisotopic (exact) mass is 219 g/mol. The zero-order chi connectivity index (χ0) is 11.4. The minimum atomic E-state index is 0.239. The summed E-state index contributed by atoms with van der Waals surface area (Å²) >= 11 is 0. The Hall–Kier alpha value is -0.860. The first-order valence-electron chi connectivity index (χ1n) is 6.14. The summed E-state index contributed by atoms with van der Waals surface area (Å²) in [5.41, 5.74) is 8.88. The van der Waals surface area contributed by atoms with Gasteiger partial charge in [-0.15, -0.1) is 0 Å². The van der Waals surface area contributed by atoms with Crippen molar-refractivity contribution in [2.45, 2.75) is 32.2 Å². The number of rotatable bonds is 3. The molecular weight excluding hydrogens is 198 g/mol. The third-order valence-electron chi connectivity index (χ3n) is 3.39. The van der Waals surface area contributed by atoms with Gasteiger partial charge < -0.3 is 10.5 Å². The van der Waals surface area contributed by atoms with Crippen molar-refractivity contribution in [3.8, 4) is 0 Å². The van der Waals surface area contributed by atoms with Gasteiger partial charge in [0.1, 0.15) is 0 Å². The predicted octanol–water partition coefficient (Wildman–Crippen LogP) is 2.29. The fourth-order valence-corrected chi connectivity index (χ4v) is 2.27. The van der Waals surface area contributed by atoms with E-state index in [1.165, 1.54) is 17.5 Å². The van der Waals surface area contributed by atoms with Crippen LogP contribution >= 0.6 is 0 Å². The second-order valence-corrected chi connectivity index (χ2v) is 4.83. The molecule has 1 heterocycles. The first-order valence-corrected chi connectivity index (χ1v) is 6.14. The summed E-state index contributed by atoms with van der Waals surface area (Å²) in [5.74, 6) is 0.537. The molecule has 2 atom stereocenters. The molecule has 0 bridgehead atoms. The van der Waals surface area contributed by atoms with Crippen molar-refractivity contribution in [3.05, 3.63) is 35.4 Å². The molecule has 1 saturated heterocycles. The Morgan fingerprint density at radius 1 is 1.38 bits per heavy atom. The summed E-state index contributed by atoms with van der Waals surface area (Å²) in [6.07, 6.45) is 3.34.